The molecule has 1 N–H and O–H groups in total. The molecule has 0 atom stereocenters. The average molecular weight is 339 g/mol. The molecule has 0 aliphatic rings. The van der Waals surface area contributed by atoms with Gasteiger partial charge in [0.25, 0.3) is 0 Å². The van der Waals surface area contributed by atoms with Crippen LogP contribution in [-0.2, 0) is 7.05 Å². The molecule has 0 unspecified atom stereocenters. The number of hydrogen-bond acceptors (Lipinski definition) is 3. The maximum Gasteiger partial charge on any atom is 0.353 e. The van der Waals surface area contributed by atoms with Crippen LogP contribution in [0.1, 0.15) is 21.6 Å². The molecule has 6 heteroatoms. The lowest BCUT2D eigenvalue weighted by atomic mass is 9.92. The Kier molecular flexibility index (Phi) is 4.35. The zero-order valence-electron chi connectivity index (χ0n) is 14.3. The van der Waals surface area contributed by atoms with Gasteiger partial charge < -0.3 is 9.67 Å². The summed E-state index contributed by atoms with van der Waals surface area (Å²) in [6.07, 6.45) is 0. The largest absolute Gasteiger partial charge is 0.477 e. The first-order valence-electron chi connectivity index (χ1n) is 7.92. The van der Waals surface area contributed by atoms with Gasteiger partial charge in [-0.25, -0.2) is 4.79 Å². The first-order valence-corrected chi connectivity index (χ1v) is 7.92. The van der Waals surface area contributed by atoms with Crippen LogP contribution in [0.25, 0.3) is 22.3 Å². The van der Waals surface area contributed by atoms with Gasteiger partial charge in [0.05, 0.1) is 17.2 Å². The fourth-order valence-electron chi connectivity index (χ4n) is 3.12. The van der Waals surface area contributed by atoms with E-state index in [-0.39, 0.29) is 5.69 Å². The van der Waals surface area contributed by atoms with Crippen LogP contribution < -0.4 is 5.59 Å². The molecule has 0 aliphatic carbocycles. The Bertz CT molecular complexity index is 1100. The molecule has 3 rings (SSSR count). The summed E-state index contributed by atoms with van der Waals surface area (Å²) >= 11 is 0. The third-order valence-electron chi connectivity index (χ3n) is 4.53. The van der Waals surface area contributed by atoms with Crippen molar-refractivity contribution in [2.45, 2.75) is 0 Å². The Morgan fingerprint density at radius 3 is 2.23 bits per heavy atom. The fraction of sp³-hybridized carbons (Fsp3) is 0.0500. The maximum atomic E-state index is 11.7. The molecule has 26 heavy (non-hydrogen) atoms. The topological polar surface area (TPSA) is 89.8 Å². The van der Waals surface area contributed by atoms with Gasteiger partial charge >= 0.3 is 5.97 Å². The molecule has 1 aromatic heterocycles. The van der Waals surface area contributed by atoms with Crippen molar-refractivity contribution in [1.82, 2.24) is 4.57 Å². The molecule has 1 heterocycles. The Hall–Kier alpha value is -3.77. The van der Waals surface area contributed by atoms with Gasteiger partial charge in [0.15, 0.2) is 7.85 Å². The summed E-state index contributed by atoms with van der Waals surface area (Å²) in [5.41, 5.74) is 4.36. The smallest absolute Gasteiger partial charge is 0.353 e. The second-order valence-corrected chi connectivity index (χ2v) is 5.89. The maximum absolute atomic E-state index is 11.7. The summed E-state index contributed by atoms with van der Waals surface area (Å²) < 4.78 is 1.52. The summed E-state index contributed by atoms with van der Waals surface area (Å²) in [5.74, 6) is -1.08. The number of nitriles is 2. The number of aromatic nitrogens is 1. The average Bonchev–Trinajstić information content (AvgIpc) is 2.92. The van der Waals surface area contributed by atoms with E-state index in [2.05, 4.69) is 12.1 Å². The minimum absolute atomic E-state index is 0.0872. The van der Waals surface area contributed by atoms with Gasteiger partial charge in [-0.05, 0) is 28.4 Å². The number of carbonyl (C=O) groups is 1. The number of hydrogen-bond donors (Lipinski definition) is 1. The van der Waals surface area contributed by atoms with Crippen molar-refractivity contribution in [3.05, 3.63) is 65.4 Å². The van der Waals surface area contributed by atoms with Gasteiger partial charge in [-0.2, -0.15) is 10.5 Å². The van der Waals surface area contributed by atoms with Crippen LogP contribution in [0.2, 0.25) is 0 Å². The monoisotopic (exact) mass is 339 g/mol. The van der Waals surface area contributed by atoms with Crippen molar-refractivity contribution in [3.8, 4) is 34.4 Å². The molecule has 3 aromatic rings. The molecule has 0 saturated heterocycles. The van der Waals surface area contributed by atoms with Gasteiger partial charge in [0.2, 0.25) is 0 Å². The first kappa shape index (κ1) is 17.1. The number of benzene rings is 2. The van der Waals surface area contributed by atoms with Crippen molar-refractivity contribution in [1.29, 1.82) is 10.5 Å². The van der Waals surface area contributed by atoms with Crippen LogP contribution in [0, 0.1) is 22.7 Å². The first-order chi connectivity index (χ1) is 12.5. The lowest BCUT2D eigenvalue weighted by Crippen LogP contribution is -2.19. The molecule has 0 radical (unpaired) electrons. The Labute approximate surface area is 151 Å². The van der Waals surface area contributed by atoms with Gasteiger partial charge in [-0.1, -0.05) is 42.5 Å². The molecular weight excluding hydrogens is 325 g/mol. The summed E-state index contributed by atoms with van der Waals surface area (Å²) in [7, 11) is 3.37. The van der Waals surface area contributed by atoms with Crippen LogP contribution in [0.4, 0.5) is 0 Å². The molecule has 0 amide bonds. The molecule has 0 saturated carbocycles. The predicted molar refractivity (Wildman–Crippen MR) is 101 cm³/mol. The molecule has 124 valence electrons. The summed E-state index contributed by atoms with van der Waals surface area (Å²) in [5, 5.41) is 28.3. The summed E-state index contributed by atoms with van der Waals surface area (Å²) in [6.45, 7) is 0. The second-order valence-electron chi connectivity index (χ2n) is 5.89. The van der Waals surface area contributed by atoms with E-state index in [0.717, 1.165) is 11.1 Å². The number of aromatic carboxylic acids is 1. The van der Waals surface area contributed by atoms with E-state index in [9.17, 15) is 20.4 Å². The Morgan fingerprint density at radius 1 is 1.04 bits per heavy atom. The van der Waals surface area contributed by atoms with E-state index in [0.29, 0.717) is 27.8 Å². The molecule has 0 bridgehead atoms. The number of rotatable bonds is 3. The molecule has 0 spiro atoms. The highest BCUT2D eigenvalue weighted by Gasteiger charge is 2.24. The fourth-order valence-corrected chi connectivity index (χ4v) is 3.12. The highest BCUT2D eigenvalue weighted by Crippen LogP contribution is 2.31. The van der Waals surface area contributed by atoms with E-state index >= 15 is 0 Å². The van der Waals surface area contributed by atoms with Crippen LogP contribution in [0.5, 0.6) is 0 Å². The number of nitrogens with zero attached hydrogens (tertiary/aromatic N) is 3. The van der Waals surface area contributed by atoms with Gasteiger partial charge in [0, 0.05) is 12.6 Å². The van der Waals surface area contributed by atoms with Crippen molar-refractivity contribution in [3.63, 3.8) is 0 Å². The van der Waals surface area contributed by atoms with E-state index < -0.39 is 5.97 Å². The molecule has 0 fully saturated rings. The Balaban J connectivity index is 2.17. The molecule has 0 aliphatic heterocycles. The van der Waals surface area contributed by atoms with E-state index in [1.807, 2.05) is 30.3 Å². The zero-order valence-corrected chi connectivity index (χ0v) is 14.3. The molecular formula is C20H14BN3O2. The van der Waals surface area contributed by atoms with Crippen molar-refractivity contribution in [2.24, 2.45) is 7.05 Å². The lowest BCUT2D eigenvalue weighted by molar-refractivity contribution is 0.0688. The summed E-state index contributed by atoms with van der Waals surface area (Å²) in [6, 6.07) is 18.8. The van der Waals surface area contributed by atoms with Gasteiger partial charge in [-0.15, -0.1) is 0 Å². The number of carboxylic acids is 1. The van der Waals surface area contributed by atoms with Crippen LogP contribution in [0.3, 0.4) is 0 Å². The summed E-state index contributed by atoms with van der Waals surface area (Å²) in [4.78, 5) is 11.7. The van der Waals surface area contributed by atoms with Gasteiger partial charge in [0.1, 0.15) is 11.8 Å². The normalized spacial score (nSPS) is 10.1. The van der Waals surface area contributed by atoms with Gasteiger partial charge in [-0.3, -0.25) is 0 Å². The number of carboxylic acid groups (broad SMARTS) is 1. The molecule has 2 aromatic carbocycles. The van der Waals surface area contributed by atoms with Crippen LogP contribution in [0.15, 0.2) is 48.5 Å². The van der Waals surface area contributed by atoms with E-state index in [4.69, 9.17) is 0 Å². The van der Waals surface area contributed by atoms with Crippen molar-refractivity contribution < 1.29 is 9.90 Å². The highest BCUT2D eigenvalue weighted by atomic mass is 16.4. The minimum Gasteiger partial charge on any atom is -0.477 e. The van der Waals surface area contributed by atoms with Crippen LogP contribution in [-0.4, -0.2) is 23.5 Å². The lowest BCUT2D eigenvalue weighted by Gasteiger charge is -2.07. The minimum atomic E-state index is -1.08. The quantitative estimate of drug-likeness (QED) is 0.740. The van der Waals surface area contributed by atoms with E-state index in [1.165, 1.54) is 4.57 Å². The zero-order chi connectivity index (χ0) is 18.8. The van der Waals surface area contributed by atoms with Crippen molar-refractivity contribution in [2.75, 3.05) is 0 Å². The third kappa shape index (κ3) is 2.64. The molecule has 5 nitrogen and oxygen atoms in total. The second kappa shape index (κ2) is 6.62. The Morgan fingerprint density at radius 2 is 1.65 bits per heavy atom. The standard InChI is InChI=1S/C20H14BN3O2/c1-24-18(20(25)26)17(16(11-23)19(24)21)13-8-6-12(7-9-13)15-5-3-2-4-14(15)10-22/h2-9H,21H2,1H3,(H,25,26). The SMILES string of the molecule is Bc1c(C#N)c(-c2ccc(-c3ccccc3C#N)cc2)c(C(=O)O)n1C. The van der Waals surface area contributed by atoms with E-state index in [1.54, 1.807) is 33.1 Å². The van der Waals surface area contributed by atoms with Crippen LogP contribution >= 0.6 is 0 Å². The van der Waals surface area contributed by atoms with Crippen molar-refractivity contribution >= 4 is 19.4 Å². The highest BCUT2D eigenvalue weighted by molar-refractivity contribution is 6.34. The predicted octanol–water partition coefficient (Wildman–Crippen LogP) is 2.06. The third-order valence-corrected chi connectivity index (χ3v) is 4.53.